The normalized spacial score (nSPS) is 12.3. The molecule has 0 bridgehead atoms. The fourth-order valence-electron chi connectivity index (χ4n) is 0.302. The summed E-state index contributed by atoms with van der Waals surface area (Å²) in [4.78, 5) is 11.6. The molecule has 46 valence electrons. The minimum absolute atomic E-state index is 0.273. The fourth-order valence-corrected chi connectivity index (χ4v) is 0.763. The molecular formula is C5H6AlO2P. The maximum atomic E-state index is 10.2. The largest absolute Gasteiger partial charge is 0.478 e. The highest BCUT2D eigenvalue weighted by atomic mass is 31.0. The van der Waals surface area contributed by atoms with E-state index in [0.717, 1.165) is 0 Å². The second-order valence-electron chi connectivity index (χ2n) is 1.29. The first-order chi connectivity index (χ1) is 4.22. The Morgan fingerprint density at radius 3 is 2.33 bits per heavy atom. The lowest BCUT2D eigenvalue weighted by Crippen LogP contribution is -1.96. The van der Waals surface area contributed by atoms with Crippen molar-refractivity contribution in [3.05, 3.63) is 22.4 Å². The molecule has 1 unspecified atom stereocenters. The van der Waals surface area contributed by atoms with Crippen LogP contribution in [0.2, 0.25) is 0 Å². The second-order valence-corrected chi connectivity index (χ2v) is 2.00. The van der Waals surface area contributed by atoms with Crippen molar-refractivity contribution in [3.8, 4) is 0 Å². The van der Waals surface area contributed by atoms with E-state index in [-0.39, 0.29) is 5.57 Å². The van der Waals surface area contributed by atoms with Crippen molar-refractivity contribution in [2.75, 3.05) is 0 Å². The molecule has 0 aliphatic heterocycles. The van der Waals surface area contributed by atoms with Crippen molar-refractivity contribution in [1.82, 2.24) is 0 Å². The Labute approximate surface area is 64.3 Å². The van der Waals surface area contributed by atoms with Crippen LogP contribution in [0.4, 0.5) is 0 Å². The zero-order valence-electron chi connectivity index (χ0n) is 4.74. The number of hydrogen-bond acceptors (Lipinski definition) is 1. The molecule has 0 aromatic rings. The Morgan fingerprint density at radius 1 is 1.67 bits per heavy atom. The lowest BCUT2D eigenvalue weighted by Gasteiger charge is -1.89. The third-order valence-corrected chi connectivity index (χ3v) is 1.25. The summed E-state index contributed by atoms with van der Waals surface area (Å²) >= 11 is 2.23. The van der Waals surface area contributed by atoms with Gasteiger partial charge in [0.25, 0.3) is 0 Å². The van der Waals surface area contributed by atoms with Gasteiger partial charge in [-0.05, 0) is 6.08 Å². The molecule has 0 saturated carbocycles. The summed E-state index contributed by atoms with van der Waals surface area (Å²) in [6.45, 7) is 0. The van der Waals surface area contributed by atoms with Gasteiger partial charge in [-0.2, -0.15) is 4.94 Å². The number of rotatable bonds is 2. The SMILES string of the molecule is O=C(O)C(C=CP)=[CH][Al]. The van der Waals surface area contributed by atoms with E-state index in [9.17, 15) is 4.79 Å². The van der Waals surface area contributed by atoms with Crippen LogP contribution in [0.3, 0.4) is 0 Å². The zero-order chi connectivity index (χ0) is 7.28. The van der Waals surface area contributed by atoms with Crippen LogP contribution in [-0.4, -0.2) is 27.4 Å². The van der Waals surface area contributed by atoms with Crippen molar-refractivity contribution in [1.29, 1.82) is 0 Å². The van der Waals surface area contributed by atoms with Crippen LogP contribution in [-0.2, 0) is 4.79 Å². The standard InChI is InChI=1S/C5H6O2P.Al/c1-4(2-3-8)5(6)7;/h1-3H,8H2,(H,6,7);. The zero-order valence-corrected chi connectivity index (χ0v) is 7.05. The number of carbonyl (C=O) groups is 1. The molecule has 0 aliphatic carbocycles. The van der Waals surface area contributed by atoms with E-state index in [1.165, 1.54) is 11.0 Å². The summed E-state index contributed by atoms with van der Waals surface area (Å²) in [7, 11) is 2.30. The molecule has 1 atom stereocenters. The van der Waals surface area contributed by atoms with E-state index in [1.54, 1.807) is 5.82 Å². The highest BCUT2D eigenvalue weighted by Gasteiger charge is 1.96. The molecule has 0 rings (SSSR count). The first-order valence-corrected chi connectivity index (χ1v) is 3.59. The van der Waals surface area contributed by atoms with Gasteiger partial charge < -0.3 is 5.11 Å². The number of aliphatic carboxylic acids is 1. The van der Waals surface area contributed by atoms with E-state index >= 15 is 0 Å². The van der Waals surface area contributed by atoms with Crippen LogP contribution >= 0.6 is 9.24 Å². The van der Waals surface area contributed by atoms with E-state index in [0.29, 0.717) is 0 Å². The van der Waals surface area contributed by atoms with E-state index in [4.69, 9.17) is 5.11 Å². The average Bonchev–Trinajstić information content (AvgIpc) is 1.82. The summed E-state index contributed by atoms with van der Waals surface area (Å²) in [6.07, 6.45) is 1.50. The van der Waals surface area contributed by atoms with Gasteiger partial charge in [-0.3, -0.25) is 0 Å². The molecule has 2 radical (unpaired) electrons. The molecule has 0 amide bonds. The Morgan fingerprint density at radius 2 is 2.22 bits per heavy atom. The van der Waals surface area contributed by atoms with Gasteiger partial charge in [-0.1, -0.05) is 5.82 Å². The van der Waals surface area contributed by atoms with Crippen molar-refractivity contribution in [2.45, 2.75) is 0 Å². The molecular weight excluding hydrogens is 150 g/mol. The monoisotopic (exact) mass is 156 g/mol. The Kier molecular flexibility index (Phi) is 4.71. The summed E-state index contributed by atoms with van der Waals surface area (Å²) in [5.74, 6) is 0.688. The maximum absolute atomic E-state index is 10.2. The average molecular weight is 156 g/mol. The molecule has 1 N–H and O–H groups in total. The van der Waals surface area contributed by atoms with Gasteiger partial charge in [0.2, 0.25) is 0 Å². The quantitative estimate of drug-likeness (QED) is 0.274. The summed E-state index contributed by atoms with van der Waals surface area (Å²) < 4.78 is 0. The minimum Gasteiger partial charge on any atom is -0.478 e. The second kappa shape index (κ2) is 4.76. The van der Waals surface area contributed by atoms with Crippen LogP contribution in [0.25, 0.3) is 0 Å². The summed E-state index contributed by atoms with van der Waals surface area (Å²) in [6, 6.07) is 0. The molecule has 0 aliphatic rings. The topological polar surface area (TPSA) is 37.3 Å². The minimum atomic E-state index is -0.913. The van der Waals surface area contributed by atoms with Crippen molar-refractivity contribution < 1.29 is 9.90 Å². The number of carboxylic acids is 1. The molecule has 9 heavy (non-hydrogen) atoms. The van der Waals surface area contributed by atoms with Gasteiger partial charge in [0.1, 0.15) is 0 Å². The highest BCUT2D eigenvalue weighted by Crippen LogP contribution is 1.97. The molecule has 0 aromatic heterocycles. The number of hydrogen-bond donors (Lipinski definition) is 1. The van der Waals surface area contributed by atoms with Gasteiger partial charge in [-0.15, -0.1) is 9.24 Å². The molecule has 4 heteroatoms. The Hall–Kier alpha value is -0.0875. The first-order valence-electron chi connectivity index (χ1n) is 2.26. The molecule has 0 heterocycles. The molecule has 0 fully saturated rings. The van der Waals surface area contributed by atoms with Gasteiger partial charge >= 0.3 is 5.97 Å². The van der Waals surface area contributed by atoms with Crippen molar-refractivity contribution in [3.63, 3.8) is 0 Å². The predicted molar refractivity (Wildman–Crippen MR) is 40.3 cm³/mol. The summed E-state index contributed by atoms with van der Waals surface area (Å²) in [5, 5.41) is 8.36. The lowest BCUT2D eigenvalue weighted by molar-refractivity contribution is -0.132. The van der Waals surface area contributed by atoms with Gasteiger partial charge in [-0.25, -0.2) is 4.79 Å². The van der Waals surface area contributed by atoms with E-state index < -0.39 is 5.97 Å². The van der Waals surface area contributed by atoms with Crippen LogP contribution < -0.4 is 0 Å². The third-order valence-electron chi connectivity index (χ3n) is 0.702. The van der Waals surface area contributed by atoms with Gasteiger partial charge in [0, 0.05) is 5.57 Å². The van der Waals surface area contributed by atoms with Crippen LogP contribution in [0.15, 0.2) is 22.4 Å². The molecule has 0 aromatic carbocycles. The first kappa shape index (κ1) is 8.91. The van der Waals surface area contributed by atoms with Crippen LogP contribution in [0.5, 0.6) is 0 Å². The lowest BCUT2D eigenvalue weighted by atomic mass is 10.3. The van der Waals surface area contributed by atoms with Crippen molar-refractivity contribution >= 4 is 31.5 Å². The van der Waals surface area contributed by atoms with Crippen LogP contribution in [0, 0.1) is 0 Å². The number of carboxylic acid groups (broad SMARTS) is 1. The highest BCUT2D eigenvalue weighted by molar-refractivity contribution is 7.20. The molecule has 0 saturated heterocycles. The molecule has 2 nitrogen and oxygen atoms in total. The fraction of sp³-hybridized carbons (Fsp3) is 0. The van der Waals surface area contributed by atoms with Gasteiger partial charge in [0.05, 0.1) is 0 Å². The van der Waals surface area contributed by atoms with E-state index in [2.05, 4.69) is 25.5 Å². The Balaban J connectivity index is 4.19. The van der Waals surface area contributed by atoms with Gasteiger partial charge in [0.15, 0.2) is 16.3 Å². The maximum Gasteiger partial charge on any atom is 0.333 e. The Bertz CT molecular complexity index is 162. The molecule has 0 spiro atoms. The smallest absolute Gasteiger partial charge is 0.333 e. The summed E-state index contributed by atoms with van der Waals surface area (Å²) in [5.41, 5.74) is 0.273. The van der Waals surface area contributed by atoms with Crippen molar-refractivity contribution in [2.24, 2.45) is 0 Å². The van der Waals surface area contributed by atoms with E-state index in [1.807, 2.05) is 0 Å². The third kappa shape index (κ3) is 3.48. The predicted octanol–water partition coefficient (Wildman–Crippen LogP) is 0.512. The van der Waals surface area contributed by atoms with Crippen LogP contribution in [0.1, 0.15) is 0 Å².